The van der Waals surface area contributed by atoms with E-state index in [0.717, 1.165) is 15.7 Å². The van der Waals surface area contributed by atoms with E-state index in [1.807, 2.05) is 48.5 Å². The Balaban J connectivity index is 2.06. The third kappa shape index (κ3) is 4.34. The molecule has 0 fully saturated rings. The first-order chi connectivity index (χ1) is 10.5. The van der Waals surface area contributed by atoms with Crippen molar-refractivity contribution < 1.29 is 9.53 Å². The monoisotopic (exact) mass is 361 g/mol. The summed E-state index contributed by atoms with van der Waals surface area (Å²) in [5.74, 6) is 0.847. The van der Waals surface area contributed by atoms with Gasteiger partial charge in [-0.25, -0.2) is 0 Å². The number of carbonyl (C=O) groups excluding carboxylic acids is 1. The number of halogens is 1. The molecule has 116 valence electrons. The standard InChI is InChI=1S/C18H20BrNO2/c1-12(2)16-9-4-5-10-17(16)20-18(21)13(3)22-15-8-6-7-14(19)11-15/h4-13H,1-3H3,(H,20,21)/t13-/m1/s1. The lowest BCUT2D eigenvalue weighted by Crippen LogP contribution is -2.30. The number of hydrogen-bond donors (Lipinski definition) is 1. The van der Waals surface area contributed by atoms with Crippen molar-refractivity contribution in [2.24, 2.45) is 0 Å². The summed E-state index contributed by atoms with van der Waals surface area (Å²) in [4.78, 5) is 12.3. The van der Waals surface area contributed by atoms with Gasteiger partial charge in [-0.05, 0) is 42.7 Å². The Bertz CT molecular complexity index is 655. The molecule has 0 aliphatic heterocycles. The lowest BCUT2D eigenvalue weighted by Gasteiger charge is -2.17. The van der Waals surface area contributed by atoms with Gasteiger partial charge in [-0.3, -0.25) is 4.79 Å². The first-order valence-corrected chi connectivity index (χ1v) is 8.08. The Morgan fingerprint density at radius 3 is 2.50 bits per heavy atom. The van der Waals surface area contributed by atoms with Gasteiger partial charge < -0.3 is 10.1 Å². The average molecular weight is 362 g/mol. The molecule has 1 atom stereocenters. The highest BCUT2D eigenvalue weighted by molar-refractivity contribution is 9.10. The van der Waals surface area contributed by atoms with E-state index < -0.39 is 6.10 Å². The molecule has 0 saturated heterocycles. The van der Waals surface area contributed by atoms with Crippen LogP contribution >= 0.6 is 15.9 Å². The second-order valence-electron chi connectivity index (χ2n) is 5.45. The molecule has 0 unspecified atom stereocenters. The van der Waals surface area contributed by atoms with Gasteiger partial charge in [0.15, 0.2) is 6.10 Å². The number of benzene rings is 2. The van der Waals surface area contributed by atoms with E-state index in [9.17, 15) is 4.79 Å². The fraction of sp³-hybridized carbons (Fsp3) is 0.278. The van der Waals surface area contributed by atoms with Gasteiger partial charge in [-0.15, -0.1) is 0 Å². The van der Waals surface area contributed by atoms with Crippen LogP contribution in [0.3, 0.4) is 0 Å². The van der Waals surface area contributed by atoms with Crippen LogP contribution in [-0.4, -0.2) is 12.0 Å². The molecule has 4 heteroatoms. The molecule has 2 rings (SSSR count). The van der Waals surface area contributed by atoms with E-state index >= 15 is 0 Å². The Labute approximate surface area is 139 Å². The van der Waals surface area contributed by atoms with Crippen LogP contribution in [0.5, 0.6) is 5.75 Å². The Morgan fingerprint density at radius 2 is 1.82 bits per heavy atom. The number of carbonyl (C=O) groups is 1. The highest BCUT2D eigenvalue weighted by atomic mass is 79.9. The fourth-order valence-corrected chi connectivity index (χ4v) is 2.52. The zero-order chi connectivity index (χ0) is 16.1. The van der Waals surface area contributed by atoms with Gasteiger partial charge in [0.2, 0.25) is 0 Å². The summed E-state index contributed by atoms with van der Waals surface area (Å²) in [5, 5.41) is 2.95. The minimum Gasteiger partial charge on any atom is -0.481 e. The lowest BCUT2D eigenvalue weighted by molar-refractivity contribution is -0.122. The lowest BCUT2D eigenvalue weighted by atomic mass is 10.0. The zero-order valence-corrected chi connectivity index (χ0v) is 14.6. The van der Waals surface area contributed by atoms with Crippen molar-refractivity contribution in [2.75, 3.05) is 5.32 Å². The summed E-state index contributed by atoms with van der Waals surface area (Å²) in [6.45, 7) is 5.95. The summed E-state index contributed by atoms with van der Waals surface area (Å²) in [6.07, 6.45) is -0.575. The number of nitrogens with one attached hydrogen (secondary N) is 1. The SMILES string of the molecule is CC(C)c1ccccc1NC(=O)[C@@H](C)Oc1cccc(Br)c1. The van der Waals surface area contributed by atoms with Crippen molar-refractivity contribution in [2.45, 2.75) is 32.8 Å². The van der Waals surface area contributed by atoms with Crippen molar-refractivity contribution >= 4 is 27.5 Å². The van der Waals surface area contributed by atoms with Crippen LogP contribution in [0.15, 0.2) is 53.0 Å². The number of amides is 1. The predicted octanol–water partition coefficient (Wildman–Crippen LogP) is 4.98. The van der Waals surface area contributed by atoms with Gasteiger partial charge in [0.25, 0.3) is 5.91 Å². The van der Waals surface area contributed by atoms with Gasteiger partial charge >= 0.3 is 0 Å². The van der Waals surface area contributed by atoms with Gasteiger partial charge in [0.05, 0.1) is 0 Å². The highest BCUT2D eigenvalue weighted by Gasteiger charge is 2.17. The number of para-hydroxylation sites is 1. The molecule has 2 aromatic carbocycles. The second-order valence-corrected chi connectivity index (χ2v) is 6.36. The van der Waals surface area contributed by atoms with Gasteiger partial charge in [0, 0.05) is 10.2 Å². The molecule has 0 spiro atoms. The summed E-state index contributed by atoms with van der Waals surface area (Å²) in [6, 6.07) is 15.3. The quantitative estimate of drug-likeness (QED) is 0.815. The fourth-order valence-electron chi connectivity index (χ4n) is 2.15. The molecule has 0 heterocycles. The molecule has 1 amide bonds. The highest BCUT2D eigenvalue weighted by Crippen LogP contribution is 2.24. The third-order valence-corrected chi connectivity index (χ3v) is 3.81. The van der Waals surface area contributed by atoms with E-state index in [0.29, 0.717) is 11.7 Å². The Kier molecular flexibility index (Phi) is 5.61. The molecule has 22 heavy (non-hydrogen) atoms. The van der Waals surface area contributed by atoms with Gasteiger partial charge in [-0.1, -0.05) is 54.0 Å². The number of hydrogen-bond acceptors (Lipinski definition) is 2. The molecule has 2 aromatic rings. The van der Waals surface area contributed by atoms with E-state index in [1.165, 1.54) is 0 Å². The van der Waals surface area contributed by atoms with Crippen LogP contribution < -0.4 is 10.1 Å². The molecular weight excluding hydrogens is 342 g/mol. The van der Waals surface area contributed by atoms with Crippen molar-refractivity contribution in [3.8, 4) is 5.75 Å². The van der Waals surface area contributed by atoms with Crippen LogP contribution in [0.4, 0.5) is 5.69 Å². The van der Waals surface area contributed by atoms with E-state index in [-0.39, 0.29) is 5.91 Å². The minimum absolute atomic E-state index is 0.159. The van der Waals surface area contributed by atoms with Crippen LogP contribution in [0.1, 0.15) is 32.3 Å². The van der Waals surface area contributed by atoms with Crippen LogP contribution in [-0.2, 0) is 4.79 Å². The number of rotatable bonds is 5. The maximum Gasteiger partial charge on any atom is 0.265 e. The normalized spacial score (nSPS) is 12.0. The molecule has 0 bridgehead atoms. The van der Waals surface area contributed by atoms with E-state index in [2.05, 4.69) is 35.1 Å². The first kappa shape index (κ1) is 16.6. The molecule has 0 aliphatic rings. The predicted molar refractivity (Wildman–Crippen MR) is 93.4 cm³/mol. The molecule has 1 N–H and O–H groups in total. The Hall–Kier alpha value is -1.81. The molecule has 3 nitrogen and oxygen atoms in total. The van der Waals surface area contributed by atoms with Crippen LogP contribution in [0.25, 0.3) is 0 Å². The molecule has 0 aromatic heterocycles. The van der Waals surface area contributed by atoms with Crippen LogP contribution in [0.2, 0.25) is 0 Å². The van der Waals surface area contributed by atoms with Crippen molar-refractivity contribution in [1.82, 2.24) is 0 Å². The second kappa shape index (κ2) is 7.45. The topological polar surface area (TPSA) is 38.3 Å². The molecule has 0 radical (unpaired) electrons. The van der Waals surface area contributed by atoms with E-state index in [1.54, 1.807) is 6.92 Å². The maximum absolute atomic E-state index is 12.3. The molecule has 0 aliphatic carbocycles. The largest absolute Gasteiger partial charge is 0.481 e. The summed E-state index contributed by atoms with van der Waals surface area (Å²) >= 11 is 3.39. The van der Waals surface area contributed by atoms with Crippen molar-refractivity contribution in [1.29, 1.82) is 0 Å². The maximum atomic E-state index is 12.3. The summed E-state index contributed by atoms with van der Waals surface area (Å²) in [7, 11) is 0. The zero-order valence-electron chi connectivity index (χ0n) is 13.0. The number of anilines is 1. The smallest absolute Gasteiger partial charge is 0.265 e. The first-order valence-electron chi connectivity index (χ1n) is 7.29. The average Bonchev–Trinajstić information content (AvgIpc) is 2.47. The van der Waals surface area contributed by atoms with Crippen molar-refractivity contribution in [3.63, 3.8) is 0 Å². The molecular formula is C18H20BrNO2. The summed E-state index contributed by atoms with van der Waals surface area (Å²) < 4.78 is 6.61. The minimum atomic E-state index is -0.575. The number of ether oxygens (including phenoxy) is 1. The Morgan fingerprint density at radius 1 is 1.09 bits per heavy atom. The summed E-state index contributed by atoms with van der Waals surface area (Å²) in [5.41, 5.74) is 1.96. The molecule has 0 saturated carbocycles. The van der Waals surface area contributed by atoms with Crippen molar-refractivity contribution in [3.05, 3.63) is 58.6 Å². The van der Waals surface area contributed by atoms with Gasteiger partial charge in [-0.2, -0.15) is 0 Å². The van der Waals surface area contributed by atoms with E-state index in [4.69, 9.17) is 4.74 Å². The third-order valence-electron chi connectivity index (χ3n) is 3.32. The van der Waals surface area contributed by atoms with Gasteiger partial charge in [0.1, 0.15) is 5.75 Å². The van der Waals surface area contributed by atoms with Crippen LogP contribution in [0, 0.1) is 0 Å².